The molecule has 1 heteroatoms. The third-order valence-electron chi connectivity index (χ3n) is 3.60. The first kappa shape index (κ1) is 20.6. The van der Waals surface area contributed by atoms with Crippen molar-refractivity contribution >= 4 is 0 Å². The summed E-state index contributed by atoms with van der Waals surface area (Å²) in [6.07, 6.45) is 10.6. The van der Waals surface area contributed by atoms with Crippen molar-refractivity contribution in [1.82, 2.24) is 0 Å². The van der Waals surface area contributed by atoms with E-state index in [4.69, 9.17) is 0 Å². The maximum absolute atomic E-state index is 2.24. The van der Waals surface area contributed by atoms with Crippen molar-refractivity contribution in [1.29, 1.82) is 0 Å². The van der Waals surface area contributed by atoms with Gasteiger partial charge in [0.05, 0.1) is 0 Å². The Balaban J connectivity index is 0.000000364. The Bertz CT molecular complexity index is 343. The van der Waals surface area contributed by atoms with E-state index in [9.17, 15) is 0 Å². The molecule has 0 saturated heterocycles. The molecule has 0 aromatic heterocycles. The molecule has 0 spiro atoms. The van der Waals surface area contributed by atoms with Crippen LogP contribution in [0.5, 0.6) is 0 Å². The Kier molecular flexibility index (Phi) is 14.2. The van der Waals surface area contributed by atoms with Crippen molar-refractivity contribution in [2.24, 2.45) is 0 Å². The second-order valence-electron chi connectivity index (χ2n) is 5.50. The molecule has 0 fully saturated rings. The van der Waals surface area contributed by atoms with Gasteiger partial charge in [-0.3, -0.25) is 0 Å². The summed E-state index contributed by atoms with van der Waals surface area (Å²) >= 11 is 0. The molecule has 0 saturated carbocycles. The van der Waals surface area contributed by atoms with Crippen molar-refractivity contribution < 1.29 is 26.2 Å². The van der Waals surface area contributed by atoms with Crippen LogP contribution in [-0.4, -0.2) is 0 Å². The maximum Gasteiger partial charge on any atom is 2.00 e. The Morgan fingerprint density at radius 2 is 0.905 bits per heavy atom. The molecule has 2 aromatic carbocycles. The number of rotatable bonds is 8. The van der Waals surface area contributed by atoms with Crippen LogP contribution >= 0.6 is 0 Å². The molecule has 0 N–H and O–H groups in total. The first-order valence-corrected chi connectivity index (χ1v) is 8.28. The first-order valence-electron chi connectivity index (χ1n) is 8.28. The molecule has 0 atom stereocenters. The third-order valence-corrected chi connectivity index (χ3v) is 3.60. The van der Waals surface area contributed by atoms with E-state index in [0.29, 0.717) is 0 Å². The zero-order chi connectivity index (χ0) is 14.5. The van der Waals surface area contributed by atoms with Crippen molar-refractivity contribution in [3.63, 3.8) is 0 Å². The summed E-state index contributed by atoms with van der Waals surface area (Å²) in [6, 6.07) is 17.3. The van der Waals surface area contributed by atoms with E-state index >= 15 is 0 Å². The average Bonchev–Trinajstić information content (AvgIpc) is 3.13. The fraction of sp³-hybridized carbons (Fsp3) is 0.500. The molecule has 0 radical (unpaired) electrons. The minimum Gasteiger partial charge on any atom is -0.213 e. The van der Waals surface area contributed by atoms with E-state index < -0.39 is 0 Å². The Labute approximate surface area is 150 Å². The number of unbranched alkanes of at least 4 members (excludes halogenated alkanes) is 4. The molecule has 0 amide bonds. The van der Waals surface area contributed by atoms with Gasteiger partial charge >= 0.3 is 26.2 Å². The van der Waals surface area contributed by atoms with E-state index in [2.05, 4.69) is 62.4 Å². The number of aryl methyl sites for hydroxylation is 2. The van der Waals surface area contributed by atoms with Crippen LogP contribution in [0, 0.1) is 0 Å². The van der Waals surface area contributed by atoms with Gasteiger partial charge in [0.1, 0.15) is 0 Å². The normalized spacial score (nSPS) is 9.62. The zero-order valence-corrected chi connectivity index (χ0v) is 16.2. The van der Waals surface area contributed by atoms with Gasteiger partial charge in [0.25, 0.3) is 0 Å². The summed E-state index contributed by atoms with van der Waals surface area (Å²) < 4.78 is 0. The average molecular weight is 362 g/mol. The Hall–Kier alpha value is -0.417. The largest absolute Gasteiger partial charge is 2.00 e. The van der Waals surface area contributed by atoms with Gasteiger partial charge < -0.3 is 0 Å². The summed E-state index contributed by atoms with van der Waals surface area (Å²) in [5, 5.41) is 0. The van der Waals surface area contributed by atoms with Crippen molar-refractivity contribution in [2.75, 3.05) is 0 Å². The molecular weight excluding hydrogens is 331 g/mol. The van der Waals surface area contributed by atoms with E-state index in [1.54, 1.807) is 0 Å². The zero-order valence-electron chi connectivity index (χ0n) is 13.8. The van der Waals surface area contributed by atoms with Gasteiger partial charge in [-0.2, -0.15) is 35.4 Å². The molecule has 0 aliphatic carbocycles. The first-order chi connectivity index (χ1) is 9.86. The Morgan fingerprint density at radius 3 is 1.19 bits per heavy atom. The minimum absolute atomic E-state index is 0. The van der Waals surface area contributed by atoms with Gasteiger partial charge in [-0.15, -0.1) is 0 Å². The van der Waals surface area contributed by atoms with Crippen LogP contribution in [0.15, 0.2) is 48.5 Å². The van der Waals surface area contributed by atoms with Crippen LogP contribution in [0.4, 0.5) is 0 Å². The number of hydrogen-bond acceptors (Lipinski definition) is 0. The second kappa shape index (κ2) is 14.5. The van der Waals surface area contributed by atoms with Gasteiger partial charge in [0.2, 0.25) is 0 Å². The summed E-state index contributed by atoms with van der Waals surface area (Å²) in [6.45, 7) is 4.48. The molecule has 0 heterocycles. The van der Waals surface area contributed by atoms with Gasteiger partial charge in [-0.1, -0.05) is 65.2 Å². The van der Waals surface area contributed by atoms with Crippen LogP contribution in [0.25, 0.3) is 0 Å². The molecule has 0 aliphatic heterocycles. The van der Waals surface area contributed by atoms with E-state index in [-0.39, 0.29) is 26.2 Å². The topological polar surface area (TPSA) is 0 Å². The van der Waals surface area contributed by atoms with Crippen molar-refractivity contribution in [2.45, 2.75) is 65.2 Å². The quantitative estimate of drug-likeness (QED) is 0.384. The van der Waals surface area contributed by atoms with Crippen molar-refractivity contribution in [3.05, 3.63) is 59.7 Å². The maximum atomic E-state index is 2.24. The third kappa shape index (κ3) is 10.9. The SMILES string of the molecule is CCCCC[c-]1cccc1.CCCCC[c-]1cccc1.[Zr+2]. The smallest absolute Gasteiger partial charge is 0.213 e. The monoisotopic (exact) mass is 360 g/mol. The van der Waals surface area contributed by atoms with E-state index in [1.165, 1.54) is 62.5 Å². The molecule has 0 unspecified atom stereocenters. The number of hydrogen-bond donors (Lipinski definition) is 0. The van der Waals surface area contributed by atoms with Crippen molar-refractivity contribution in [3.8, 4) is 0 Å². The molecule has 2 aromatic rings. The van der Waals surface area contributed by atoms with Crippen LogP contribution in [0.2, 0.25) is 0 Å². The summed E-state index contributed by atoms with van der Waals surface area (Å²) in [5.74, 6) is 0. The molecule has 2 rings (SSSR count). The predicted molar refractivity (Wildman–Crippen MR) is 90.5 cm³/mol. The molecule has 0 aliphatic rings. The van der Waals surface area contributed by atoms with Gasteiger partial charge in [-0.05, 0) is 0 Å². The Morgan fingerprint density at radius 1 is 0.571 bits per heavy atom. The van der Waals surface area contributed by atoms with Crippen LogP contribution in [-0.2, 0) is 39.0 Å². The fourth-order valence-corrected chi connectivity index (χ4v) is 2.32. The van der Waals surface area contributed by atoms with Gasteiger partial charge in [0, 0.05) is 0 Å². The van der Waals surface area contributed by atoms with E-state index in [0.717, 1.165) is 0 Å². The standard InChI is InChI=1S/2C10H15.Zr/c2*1-2-3-4-7-10-8-5-6-9-10;/h2*5-6,8-9H,2-4,7H2,1H3;/q2*-1;+2. The molecule has 114 valence electrons. The van der Waals surface area contributed by atoms with Crippen LogP contribution in [0.3, 0.4) is 0 Å². The van der Waals surface area contributed by atoms with Crippen LogP contribution in [0.1, 0.15) is 63.5 Å². The van der Waals surface area contributed by atoms with Gasteiger partial charge in [-0.25, -0.2) is 24.3 Å². The minimum atomic E-state index is 0. The van der Waals surface area contributed by atoms with Gasteiger partial charge in [0.15, 0.2) is 0 Å². The molecular formula is C20H30Zr. The molecule has 0 bridgehead atoms. The molecule has 0 nitrogen and oxygen atoms in total. The predicted octanol–water partition coefficient (Wildman–Crippen LogP) is 6.27. The summed E-state index contributed by atoms with van der Waals surface area (Å²) in [7, 11) is 0. The molecule has 21 heavy (non-hydrogen) atoms. The summed E-state index contributed by atoms with van der Waals surface area (Å²) in [5.41, 5.74) is 2.99. The fourth-order valence-electron chi connectivity index (χ4n) is 2.32. The second-order valence-corrected chi connectivity index (χ2v) is 5.50. The summed E-state index contributed by atoms with van der Waals surface area (Å²) in [4.78, 5) is 0. The van der Waals surface area contributed by atoms with E-state index in [1.807, 2.05) is 0 Å². The van der Waals surface area contributed by atoms with Crippen LogP contribution < -0.4 is 0 Å².